The van der Waals surface area contributed by atoms with E-state index in [1.54, 1.807) is 23.1 Å². The maximum atomic E-state index is 12.1. The molecule has 0 aliphatic carbocycles. The zero-order valence-electron chi connectivity index (χ0n) is 11.7. The van der Waals surface area contributed by atoms with Gasteiger partial charge in [0, 0.05) is 5.56 Å². The topological polar surface area (TPSA) is 46.6 Å². The molecule has 1 amide bonds. The van der Waals surface area contributed by atoms with Crippen LogP contribution in [-0.2, 0) is 11.3 Å². The molecule has 1 aliphatic heterocycles. The molecule has 0 spiro atoms. The van der Waals surface area contributed by atoms with Crippen molar-refractivity contribution in [3.05, 3.63) is 59.2 Å². The average Bonchev–Trinajstić information content (AvgIpc) is 2.51. The number of aldehydes is 1. The first-order valence-electron chi connectivity index (χ1n) is 6.75. The summed E-state index contributed by atoms with van der Waals surface area (Å²) < 4.78 is 5.42. The Labute approximate surface area is 123 Å². The minimum absolute atomic E-state index is 0.0271. The van der Waals surface area contributed by atoms with Crippen LogP contribution in [0.4, 0.5) is 5.69 Å². The van der Waals surface area contributed by atoms with Crippen LogP contribution in [0.5, 0.6) is 5.75 Å². The number of nitrogens with zero attached hydrogens (tertiary/aromatic N) is 1. The predicted octanol–water partition coefficient (Wildman–Crippen LogP) is 2.73. The van der Waals surface area contributed by atoms with E-state index in [2.05, 4.69) is 0 Å². The van der Waals surface area contributed by atoms with Crippen molar-refractivity contribution in [1.29, 1.82) is 0 Å². The minimum atomic E-state index is -0.105. The third kappa shape index (κ3) is 2.65. The molecule has 0 fully saturated rings. The summed E-state index contributed by atoms with van der Waals surface area (Å²) in [7, 11) is 0. The van der Waals surface area contributed by atoms with Crippen molar-refractivity contribution in [3.63, 3.8) is 0 Å². The fourth-order valence-corrected chi connectivity index (χ4v) is 2.34. The Morgan fingerprint density at radius 2 is 1.95 bits per heavy atom. The lowest BCUT2D eigenvalue weighted by Crippen LogP contribution is -2.38. The second-order valence-electron chi connectivity index (χ2n) is 5.10. The van der Waals surface area contributed by atoms with Crippen LogP contribution in [0.1, 0.15) is 21.5 Å². The standard InChI is InChI=1S/C17H15NO3/c1-12-2-4-13(5-3-12)9-18-15-8-14(10-19)6-7-16(15)21-11-17(18)20/h2-8,10H,9,11H2,1H3. The summed E-state index contributed by atoms with van der Waals surface area (Å²) in [5.41, 5.74) is 3.39. The number of amides is 1. The van der Waals surface area contributed by atoms with Gasteiger partial charge in [-0.05, 0) is 30.7 Å². The summed E-state index contributed by atoms with van der Waals surface area (Å²) in [6.07, 6.45) is 0.767. The van der Waals surface area contributed by atoms with Crippen LogP contribution in [-0.4, -0.2) is 18.8 Å². The molecule has 0 atom stereocenters. The van der Waals surface area contributed by atoms with Gasteiger partial charge in [-0.15, -0.1) is 0 Å². The summed E-state index contributed by atoms with van der Waals surface area (Å²) in [4.78, 5) is 24.7. The fraction of sp³-hybridized carbons (Fsp3) is 0.176. The number of ether oxygens (including phenoxy) is 1. The van der Waals surface area contributed by atoms with E-state index in [0.717, 1.165) is 11.8 Å². The molecule has 0 radical (unpaired) electrons. The maximum absolute atomic E-state index is 12.1. The number of hydrogen-bond acceptors (Lipinski definition) is 3. The molecule has 4 heteroatoms. The van der Waals surface area contributed by atoms with Crippen LogP contribution in [0.15, 0.2) is 42.5 Å². The monoisotopic (exact) mass is 281 g/mol. The van der Waals surface area contributed by atoms with Crippen LogP contribution >= 0.6 is 0 Å². The van der Waals surface area contributed by atoms with Crippen LogP contribution in [0.2, 0.25) is 0 Å². The smallest absolute Gasteiger partial charge is 0.265 e. The molecule has 2 aromatic rings. The molecule has 0 N–H and O–H groups in total. The molecular weight excluding hydrogens is 266 g/mol. The number of aryl methyl sites for hydroxylation is 1. The summed E-state index contributed by atoms with van der Waals surface area (Å²) in [5, 5.41) is 0. The fourth-order valence-electron chi connectivity index (χ4n) is 2.34. The molecule has 0 bridgehead atoms. The van der Waals surface area contributed by atoms with Crippen LogP contribution < -0.4 is 9.64 Å². The number of hydrogen-bond donors (Lipinski definition) is 0. The second kappa shape index (κ2) is 5.40. The van der Waals surface area contributed by atoms with Gasteiger partial charge in [-0.3, -0.25) is 9.59 Å². The maximum Gasteiger partial charge on any atom is 0.265 e. The number of fused-ring (bicyclic) bond motifs is 1. The molecule has 1 heterocycles. The average molecular weight is 281 g/mol. The van der Waals surface area contributed by atoms with Gasteiger partial charge in [-0.1, -0.05) is 29.8 Å². The van der Waals surface area contributed by atoms with E-state index >= 15 is 0 Å². The molecule has 4 nitrogen and oxygen atoms in total. The summed E-state index contributed by atoms with van der Waals surface area (Å²) in [6.45, 7) is 2.52. The number of carbonyl (C=O) groups excluding carboxylic acids is 2. The highest BCUT2D eigenvalue weighted by molar-refractivity contribution is 5.98. The lowest BCUT2D eigenvalue weighted by molar-refractivity contribution is -0.121. The first-order chi connectivity index (χ1) is 10.2. The van der Waals surface area contributed by atoms with E-state index in [-0.39, 0.29) is 12.5 Å². The van der Waals surface area contributed by atoms with Crippen molar-refractivity contribution in [1.82, 2.24) is 0 Å². The van der Waals surface area contributed by atoms with Crippen molar-refractivity contribution in [2.75, 3.05) is 11.5 Å². The SMILES string of the molecule is Cc1ccc(CN2C(=O)COc3ccc(C=O)cc32)cc1. The largest absolute Gasteiger partial charge is 0.482 e. The Hall–Kier alpha value is -2.62. The first kappa shape index (κ1) is 13.4. The van der Waals surface area contributed by atoms with Gasteiger partial charge in [0.15, 0.2) is 6.61 Å². The normalized spacial score (nSPS) is 13.6. The van der Waals surface area contributed by atoms with Crippen LogP contribution in [0, 0.1) is 6.92 Å². The Kier molecular flexibility index (Phi) is 3.44. The Balaban J connectivity index is 1.96. The number of benzene rings is 2. The van der Waals surface area contributed by atoms with Gasteiger partial charge < -0.3 is 9.64 Å². The number of anilines is 1. The lowest BCUT2D eigenvalue weighted by atomic mass is 10.1. The van der Waals surface area contributed by atoms with Crippen LogP contribution in [0.25, 0.3) is 0 Å². The van der Waals surface area contributed by atoms with Gasteiger partial charge in [-0.25, -0.2) is 0 Å². The number of carbonyl (C=O) groups is 2. The molecular formula is C17H15NO3. The summed E-state index contributed by atoms with van der Waals surface area (Å²) >= 11 is 0. The first-order valence-corrected chi connectivity index (χ1v) is 6.75. The van der Waals surface area contributed by atoms with Gasteiger partial charge in [0.2, 0.25) is 0 Å². The quantitative estimate of drug-likeness (QED) is 0.813. The zero-order valence-corrected chi connectivity index (χ0v) is 11.7. The Bertz CT molecular complexity index is 692. The highest BCUT2D eigenvalue weighted by atomic mass is 16.5. The molecule has 2 aromatic carbocycles. The van der Waals surface area contributed by atoms with Crippen LogP contribution in [0.3, 0.4) is 0 Å². The third-order valence-electron chi connectivity index (χ3n) is 3.52. The molecule has 3 rings (SSSR count). The van der Waals surface area contributed by atoms with Crippen molar-refractivity contribution in [2.45, 2.75) is 13.5 Å². The van der Waals surface area contributed by atoms with E-state index < -0.39 is 0 Å². The summed E-state index contributed by atoms with van der Waals surface area (Å²) in [5.74, 6) is 0.526. The van der Waals surface area contributed by atoms with E-state index in [1.807, 2.05) is 31.2 Å². The van der Waals surface area contributed by atoms with Gasteiger partial charge in [-0.2, -0.15) is 0 Å². The molecule has 21 heavy (non-hydrogen) atoms. The Morgan fingerprint density at radius 3 is 2.67 bits per heavy atom. The highest BCUT2D eigenvalue weighted by Crippen LogP contribution is 2.33. The number of rotatable bonds is 3. The van der Waals surface area contributed by atoms with E-state index in [1.165, 1.54) is 5.56 Å². The van der Waals surface area contributed by atoms with Crippen molar-refractivity contribution >= 4 is 17.9 Å². The minimum Gasteiger partial charge on any atom is -0.482 e. The molecule has 0 saturated heterocycles. The highest BCUT2D eigenvalue weighted by Gasteiger charge is 2.25. The van der Waals surface area contributed by atoms with E-state index in [9.17, 15) is 9.59 Å². The van der Waals surface area contributed by atoms with Gasteiger partial charge in [0.1, 0.15) is 12.0 Å². The lowest BCUT2D eigenvalue weighted by Gasteiger charge is -2.29. The molecule has 0 unspecified atom stereocenters. The molecule has 0 saturated carbocycles. The van der Waals surface area contributed by atoms with Crippen molar-refractivity contribution < 1.29 is 14.3 Å². The molecule has 106 valence electrons. The van der Waals surface area contributed by atoms with Gasteiger partial charge in [0.25, 0.3) is 5.91 Å². The second-order valence-corrected chi connectivity index (χ2v) is 5.10. The predicted molar refractivity (Wildman–Crippen MR) is 79.7 cm³/mol. The van der Waals surface area contributed by atoms with E-state index in [4.69, 9.17) is 4.74 Å². The zero-order chi connectivity index (χ0) is 14.8. The van der Waals surface area contributed by atoms with Gasteiger partial charge >= 0.3 is 0 Å². The van der Waals surface area contributed by atoms with E-state index in [0.29, 0.717) is 23.5 Å². The molecule has 0 aromatic heterocycles. The van der Waals surface area contributed by atoms with Crippen molar-refractivity contribution in [2.24, 2.45) is 0 Å². The summed E-state index contributed by atoms with van der Waals surface area (Å²) in [6, 6.07) is 13.1. The van der Waals surface area contributed by atoms with Gasteiger partial charge in [0.05, 0.1) is 12.2 Å². The van der Waals surface area contributed by atoms with Crippen molar-refractivity contribution in [3.8, 4) is 5.75 Å². The Morgan fingerprint density at radius 1 is 1.19 bits per heavy atom. The third-order valence-corrected chi connectivity index (χ3v) is 3.52. The molecule has 1 aliphatic rings.